The number of hydrogen-bond acceptors (Lipinski definition) is 3. The maximum Gasteiger partial charge on any atom is 0.145 e. The molecule has 0 aromatic carbocycles. The van der Waals surface area contributed by atoms with Crippen LogP contribution in [0.3, 0.4) is 0 Å². The zero-order chi connectivity index (χ0) is 12.0. The first-order valence-corrected chi connectivity index (χ1v) is 6.24. The molecule has 2 aromatic rings. The van der Waals surface area contributed by atoms with Crippen molar-refractivity contribution in [1.29, 1.82) is 0 Å². The Hall–Kier alpha value is -1.58. The Morgan fingerprint density at radius 2 is 2.12 bits per heavy atom. The van der Waals surface area contributed by atoms with Crippen LogP contribution in [0, 0.1) is 11.8 Å². The van der Waals surface area contributed by atoms with Crippen molar-refractivity contribution in [1.82, 2.24) is 14.5 Å². The fourth-order valence-electron chi connectivity index (χ4n) is 3.18. The number of nitrogens with two attached hydrogens (primary N) is 1. The Labute approximate surface area is 101 Å². The van der Waals surface area contributed by atoms with Crippen LogP contribution in [0.2, 0.25) is 0 Å². The molecular weight excluding hydrogens is 212 g/mol. The van der Waals surface area contributed by atoms with Crippen molar-refractivity contribution in [3.8, 4) is 0 Å². The average molecular weight is 230 g/mol. The minimum atomic E-state index is 0.553. The van der Waals surface area contributed by atoms with E-state index in [0.717, 1.165) is 17.0 Å². The van der Waals surface area contributed by atoms with Gasteiger partial charge >= 0.3 is 0 Å². The summed E-state index contributed by atoms with van der Waals surface area (Å²) in [5.74, 6) is 2.08. The average Bonchev–Trinajstić information content (AvgIpc) is 2.83. The molecule has 0 amide bonds. The molecule has 1 fully saturated rings. The number of nitrogens with zero attached hydrogens (tertiary/aromatic N) is 3. The van der Waals surface area contributed by atoms with Gasteiger partial charge in [-0.3, -0.25) is 0 Å². The van der Waals surface area contributed by atoms with Crippen molar-refractivity contribution >= 4 is 16.9 Å². The summed E-state index contributed by atoms with van der Waals surface area (Å²) in [4.78, 5) is 8.41. The summed E-state index contributed by atoms with van der Waals surface area (Å²) in [7, 11) is 0. The largest absolute Gasteiger partial charge is 0.383 e. The molecule has 3 unspecified atom stereocenters. The molecule has 2 heterocycles. The molecule has 3 rings (SSSR count). The van der Waals surface area contributed by atoms with E-state index in [1.165, 1.54) is 12.8 Å². The Kier molecular flexibility index (Phi) is 2.31. The van der Waals surface area contributed by atoms with E-state index in [4.69, 9.17) is 5.73 Å². The van der Waals surface area contributed by atoms with Crippen LogP contribution in [0.5, 0.6) is 0 Å². The first-order valence-electron chi connectivity index (χ1n) is 6.24. The molecule has 4 heteroatoms. The van der Waals surface area contributed by atoms with Gasteiger partial charge in [-0.1, -0.05) is 13.8 Å². The predicted octanol–water partition coefficient (Wildman–Crippen LogP) is 2.62. The molecule has 2 N–H and O–H groups in total. The van der Waals surface area contributed by atoms with Gasteiger partial charge in [-0.25, -0.2) is 9.97 Å². The quantitative estimate of drug-likeness (QED) is 0.819. The third-order valence-electron chi connectivity index (χ3n) is 3.97. The van der Waals surface area contributed by atoms with Crippen molar-refractivity contribution < 1.29 is 0 Å². The van der Waals surface area contributed by atoms with Crippen molar-refractivity contribution in [3.63, 3.8) is 0 Å². The Bertz CT molecular complexity index is 545. The van der Waals surface area contributed by atoms with E-state index in [0.29, 0.717) is 17.8 Å². The number of hydrogen-bond donors (Lipinski definition) is 1. The van der Waals surface area contributed by atoms with Crippen molar-refractivity contribution in [2.24, 2.45) is 11.8 Å². The van der Waals surface area contributed by atoms with Gasteiger partial charge in [0, 0.05) is 12.2 Å². The van der Waals surface area contributed by atoms with Gasteiger partial charge in [-0.2, -0.15) is 0 Å². The van der Waals surface area contributed by atoms with Gasteiger partial charge in [0.1, 0.15) is 17.8 Å². The fourth-order valence-corrected chi connectivity index (χ4v) is 3.18. The molecule has 90 valence electrons. The van der Waals surface area contributed by atoms with Gasteiger partial charge in [-0.15, -0.1) is 0 Å². The first-order chi connectivity index (χ1) is 8.16. The van der Waals surface area contributed by atoms with Crippen LogP contribution >= 0.6 is 0 Å². The standard InChI is InChI=1S/C13H18N4/c1-8-5-9(2)11(6-8)17-4-3-10-12(14)15-7-16-13(10)17/h3-4,7-9,11H,5-6H2,1-2H3,(H2,14,15,16). The molecule has 0 aliphatic heterocycles. The van der Waals surface area contributed by atoms with Crippen LogP contribution in [0.4, 0.5) is 5.82 Å². The third kappa shape index (κ3) is 1.59. The van der Waals surface area contributed by atoms with Crippen LogP contribution in [0.15, 0.2) is 18.6 Å². The molecule has 0 radical (unpaired) electrons. The summed E-state index contributed by atoms with van der Waals surface area (Å²) in [6.07, 6.45) is 6.19. The van der Waals surface area contributed by atoms with Gasteiger partial charge in [0.2, 0.25) is 0 Å². The second-order valence-electron chi connectivity index (χ2n) is 5.34. The molecule has 2 aromatic heterocycles. The van der Waals surface area contributed by atoms with Gasteiger partial charge in [0.05, 0.1) is 5.39 Å². The van der Waals surface area contributed by atoms with Crippen LogP contribution < -0.4 is 5.73 Å². The molecule has 0 saturated heterocycles. The molecule has 4 nitrogen and oxygen atoms in total. The zero-order valence-electron chi connectivity index (χ0n) is 10.3. The zero-order valence-corrected chi connectivity index (χ0v) is 10.3. The van der Waals surface area contributed by atoms with Gasteiger partial charge in [0.25, 0.3) is 0 Å². The normalized spacial score (nSPS) is 28.9. The maximum atomic E-state index is 5.87. The van der Waals surface area contributed by atoms with Crippen LogP contribution in [0.25, 0.3) is 11.0 Å². The lowest BCUT2D eigenvalue weighted by molar-refractivity contribution is 0.416. The first kappa shape index (κ1) is 10.6. The van der Waals surface area contributed by atoms with Gasteiger partial charge < -0.3 is 10.3 Å². The van der Waals surface area contributed by atoms with Gasteiger partial charge in [0.15, 0.2) is 0 Å². The van der Waals surface area contributed by atoms with E-state index in [2.05, 4.69) is 34.6 Å². The number of rotatable bonds is 1. The Balaban J connectivity index is 2.09. The summed E-state index contributed by atoms with van der Waals surface area (Å²) in [5.41, 5.74) is 6.84. The van der Waals surface area contributed by atoms with Crippen LogP contribution in [-0.2, 0) is 0 Å². The summed E-state index contributed by atoms with van der Waals surface area (Å²) in [6.45, 7) is 4.65. The SMILES string of the molecule is CC1CC(C)C(n2ccc3c(N)ncnc32)C1. The third-order valence-corrected chi connectivity index (χ3v) is 3.97. The monoisotopic (exact) mass is 230 g/mol. The van der Waals surface area contributed by atoms with E-state index < -0.39 is 0 Å². The number of aromatic nitrogens is 3. The lowest BCUT2D eigenvalue weighted by Gasteiger charge is -2.18. The van der Waals surface area contributed by atoms with E-state index in [1.54, 1.807) is 6.33 Å². The van der Waals surface area contributed by atoms with Crippen molar-refractivity contribution in [2.45, 2.75) is 32.7 Å². The molecular formula is C13H18N4. The lowest BCUT2D eigenvalue weighted by Crippen LogP contribution is -2.11. The number of fused-ring (bicyclic) bond motifs is 1. The van der Waals surface area contributed by atoms with E-state index in [9.17, 15) is 0 Å². The summed E-state index contributed by atoms with van der Waals surface area (Å²) >= 11 is 0. The van der Waals surface area contributed by atoms with Gasteiger partial charge in [-0.05, 0) is 30.7 Å². The summed E-state index contributed by atoms with van der Waals surface area (Å²) in [5, 5.41) is 0.972. The summed E-state index contributed by atoms with van der Waals surface area (Å²) in [6, 6.07) is 2.58. The Morgan fingerprint density at radius 1 is 1.29 bits per heavy atom. The molecule has 0 bridgehead atoms. The minimum absolute atomic E-state index is 0.553. The Morgan fingerprint density at radius 3 is 2.82 bits per heavy atom. The summed E-state index contributed by atoms with van der Waals surface area (Å²) < 4.78 is 2.28. The molecule has 0 spiro atoms. The fraction of sp³-hybridized carbons (Fsp3) is 0.538. The molecule has 1 aliphatic rings. The highest BCUT2D eigenvalue weighted by atomic mass is 15.1. The smallest absolute Gasteiger partial charge is 0.145 e. The second-order valence-corrected chi connectivity index (χ2v) is 5.34. The number of nitrogen functional groups attached to an aromatic ring is 1. The van der Waals surface area contributed by atoms with Crippen LogP contribution in [0.1, 0.15) is 32.7 Å². The van der Waals surface area contributed by atoms with Crippen LogP contribution in [-0.4, -0.2) is 14.5 Å². The highest BCUT2D eigenvalue weighted by Gasteiger charge is 2.30. The minimum Gasteiger partial charge on any atom is -0.383 e. The molecule has 3 atom stereocenters. The highest BCUT2D eigenvalue weighted by Crippen LogP contribution is 2.40. The second kappa shape index (κ2) is 3.72. The maximum absolute atomic E-state index is 5.87. The molecule has 1 aliphatic carbocycles. The van der Waals surface area contributed by atoms with E-state index >= 15 is 0 Å². The lowest BCUT2D eigenvalue weighted by atomic mass is 10.1. The predicted molar refractivity (Wildman–Crippen MR) is 68.5 cm³/mol. The van der Waals surface area contributed by atoms with Crippen molar-refractivity contribution in [2.75, 3.05) is 5.73 Å². The van der Waals surface area contributed by atoms with E-state index in [1.807, 2.05) is 6.07 Å². The van der Waals surface area contributed by atoms with E-state index in [-0.39, 0.29) is 0 Å². The van der Waals surface area contributed by atoms with Crippen molar-refractivity contribution in [3.05, 3.63) is 18.6 Å². The molecule has 17 heavy (non-hydrogen) atoms. The molecule has 1 saturated carbocycles. The topological polar surface area (TPSA) is 56.7 Å². The number of anilines is 1. The highest BCUT2D eigenvalue weighted by molar-refractivity contribution is 5.86.